The number of benzene rings is 1. The number of amides is 2. The van der Waals surface area contributed by atoms with Crippen LogP contribution in [-0.4, -0.2) is 58.5 Å². The first-order valence-corrected chi connectivity index (χ1v) is 14.1. The van der Waals surface area contributed by atoms with Crippen LogP contribution < -0.4 is 4.90 Å². The Hall–Kier alpha value is -2.75. The molecular formula is C27H32F2N4O3S. The molecule has 10 heteroatoms. The Bertz CT molecular complexity index is 1140. The summed E-state index contributed by atoms with van der Waals surface area (Å²) in [5, 5.41) is 0.583. The average molecular weight is 531 g/mol. The number of halogens is 2. The van der Waals surface area contributed by atoms with Gasteiger partial charge in [-0.2, -0.15) is 8.78 Å². The zero-order valence-electron chi connectivity index (χ0n) is 20.8. The fraction of sp³-hybridized carbons (Fsp3) is 0.593. The molecule has 2 amide bonds. The first-order valence-electron chi connectivity index (χ1n) is 13.3. The Morgan fingerprint density at radius 2 is 1.73 bits per heavy atom. The van der Waals surface area contributed by atoms with E-state index in [1.54, 1.807) is 4.90 Å². The predicted molar refractivity (Wildman–Crippen MR) is 135 cm³/mol. The van der Waals surface area contributed by atoms with Crippen LogP contribution >= 0.6 is 11.3 Å². The smallest absolute Gasteiger partial charge is 0.410 e. The molecule has 2 aromatic rings. The zero-order chi connectivity index (χ0) is 25.6. The fourth-order valence-corrected chi connectivity index (χ4v) is 7.60. The maximum atomic E-state index is 15.2. The van der Waals surface area contributed by atoms with Crippen molar-refractivity contribution in [2.24, 2.45) is 5.92 Å². The van der Waals surface area contributed by atoms with E-state index in [0.29, 0.717) is 35.4 Å². The summed E-state index contributed by atoms with van der Waals surface area (Å²) < 4.78 is 35.9. The normalized spacial score (nSPS) is 24.9. The first kappa shape index (κ1) is 24.6. The molecular weight excluding hydrogens is 498 g/mol. The number of nitrogens with zero attached hydrogens (tertiary/aromatic N) is 4. The summed E-state index contributed by atoms with van der Waals surface area (Å²) in [7, 11) is 0. The minimum Gasteiger partial charge on any atom is -0.445 e. The molecule has 198 valence electrons. The highest BCUT2D eigenvalue weighted by Crippen LogP contribution is 2.45. The van der Waals surface area contributed by atoms with Gasteiger partial charge in [-0.25, -0.2) is 9.78 Å². The maximum Gasteiger partial charge on any atom is 0.410 e. The van der Waals surface area contributed by atoms with Crippen molar-refractivity contribution in [2.45, 2.75) is 76.1 Å². The quantitative estimate of drug-likeness (QED) is 0.535. The molecule has 2 unspecified atom stereocenters. The van der Waals surface area contributed by atoms with Crippen molar-refractivity contribution in [1.82, 2.24) is 14.8 Å². The highest BCUT2D eigenvalue weighted by Gasteiger charge is 2.48. The molecule has 1 aromatic carbocycles. The van der Waals surface area contributed by atoms with Crippen LogP contribution in [-0.2, 0) is 28.6 Å². The molecule has 0 radical (unpaired) electrons. The molecule has 0 N–H and O–H groups in total. The second-order valence-corrected chi connectivity index (χ2v) is 11.9. The third-order valence-corrected chi connectivity index (χ3v) is 9.27. The summed E-state index contributed by atoms with van der Waals surface area (Å²) in [4.78, 5) is 35.7. The van der Waals surface area contributed by atoms with Gasteiger partial charge in [0.1, 0.15) is 12.3 Å². The lowest BCUT2D eigenvalue weighted by atomic mass is 10.0. The molecule has 4 heterocycles. The van der Waals surface area contributed by atoms with E-state index in [1.807, 2.05) is 30.3 Å². The second kappa shape index (κ2) is 9.85. The van der Waals surface area contributed by atoms with E-state index in [2.05, 4.69) is 9.88 Å². The Balaban J connectivity index is 1.12. The number of thiazole rings is 1. The van der Waals surface area contributed by atoms with E-state index in [1.165, 1.54) is 16.2 Å². The maximum absolute atomic E-state index is 15.2. The summed E-state index contributed by atoms with van der Waals surface area (Å²) >= 11 is 1.28. The number of rotatable bonds is 5. The number of aromatic nitrogens is 1. The minimum absolute atomic E-state index is 0.0179. The molecule has 2 bridgehead atoms. The summed E-state index contributed by atoms with van der Waals surface area (Å²) in [5.41, 5.74) is 0.754. The van der Waals surface area contributed by atoms with Gasteiger partial charge in [-0.1, -0.05) is 54.5 Å². The molecule has 3 fully saturated rings. The molecule has 4 aliphatic rings. The third kappa shape index (κ3) is 4.92. The number of fused-ring (bicyclic) bond motifs is 3. The van der Waals surface area contributed by atoms with Gasteiger partial charge in [-0.3, -0.25) is 4.79 Å². The van der Waals surface area contributed by atoms with Gasteiger partial charge in [0, 0.05) is 31.6 Å². The Kier molecular flexibility index (Phi) is 6.54. The van der Waals surface area contributed by atoms with Gasteiger partial charge >= 0.3 is 12.0 Å². The number of anilines is 1. The molecule has 6 rings (SSSR count). The molecule has 0 spiro atoms. The van der Waals surface area contributed by atoms with Crippen molar-refractivity contribution >= 4 is 28.5 Å². The van der Waals surface area contributed by atoms with E-state index in [0.717, 1.165) is 44.1 Å². The molecule has 3 aliphatic heterocycles. The molecule has 1 saturated carbocycles. The number of likely N-dealkylation sites (tertiary alicyclic amines) is 1. The number of hydrogen-bond acceptors (Lipinski definition) is 6. The van der Waals surface area contributed by atoms with E-state index < -0.39 is 12.5 Å². The van der Waals surface area contributed by atoms with Gasteiger partial charge in [-0.15, -0.1) is 0 Å². The van der Waals surface area contributed by atoms with Gasteiger partial charge in [0.25, 0.3) is 0 Å². The molecule has 7 nitrogen and oxygen atoms in total. The number of hydrogen-bond donors (Lipinski definition) is 0. The second-order valence-electron chi connectivity index (χ2n) is 10.8. The number of carbonyl (C=O) groups excluding carboxylic acids is 2. The lowest BCUT2D eigenvalue weighted by molar-refractivity contribution is -0.141. The van der Waals surface area contributed by atoms with Crippen LogP contribution in [0.5, 0.6) is 0 Å². The summed E-state index contributed by atoms with van der Waals surface area (Å²) in [5.74, 6) is -3.00. The van der Waals surface area contributed by atoms with Crippen LogP contribution in [0.3, 0.4) is 0 Å². The first-order chi connectivity index (χ1) is 17.9. The van der Waals surface area contributed by atoms with Gasteiger partial charge < -0.3 is 19.4 Å². The molecule has 37 heavy (non-hydrogen) atoms. The van der Waals surface area contributed by atoms with Crippen molar-refractivity contribution in [3.05, 3.63) is 46.5 Å². The van der Waals surface area contributed by atoms with Gasteiger partial charge in [-0.05, 0) is 37.2 Å². The number of piperazine rings is 1. The van der Waals surface area contributed by atoms with Gasteiger partial charge in [0.05, 0.1) is 18.0 Å². The molecule has 1 aliphatic carbocycles. The standard InChI is InChI=1S/C27H32F2N4O3S/c28-27(29)17-32(23(34)12-18-6-4-5-7-18)15-22-24(27)30-25(37-22)33-20-10-11-21(33)14-31(13-20)26(35)36-16-19-8-2-1-3-9-19/h1-3,8-9,18,20-21H,4-7,10-17H2. The third-order valence-electron chi connectivity index (χ3n) is 8.21. The Morgan fingerprint density at radius 1 is 1.03 bits per heavy atom. The number of carbonyl (C=O) groups is 2. The van der Waals surface area contributed by atoms with E-state index in [-0.39, 0.29) is 42.9 Å². The summed E-state index contributed by atoms with van der Waals surface area (Å²) in [6.45, 7) is 0.796. The summed E-state index contributed by atoms with van der Waals surface area (Å²) in [6, 6.07) is 9.60. The SMILES string of the molecule is O=C(CC1CCCC1)N1Cc2sc(N3C4CCC3CN(C(=O)OCc3ccccc3)C4)nc2C(F)(F)C1. The predicted octanol–water partition coefficient (Wildman–Crippen LogP) is 5.15. The van der Waals surface area contributed by atoms with E-state index >= 15 is 8.78 Å². The largest absolute Gasteiger partial charge is 0.445 e. The van der Waals surface area contributed by atoms with Crippen LogP contribution in [0.1, 0.15) is 61.1 Å². The molecule has 2 saturated heterocycles. The highest BCUT2D eigenvalue weighted by atomic mass is 32.1. The summed E-state index contributed by atoms with van der Waals surface area (Å²) in [6.07, 6.45) is 6.04. The van der Waals surface area contributed by atoms with Crippen molar-refractivity contribution < 1.29 is 23.1 Å². The Morgan fingerprint density at radius 3 is 2.43 bits per heavy atom. The van der Waals surface area contributed by atoms with Crippen molar-refractivity contribution in [1.29, 1.82) is 0 Å². The van der Waals surface area contributed by atoms with E-state index in [9.17, 15) is 9.59 Å². The van der Waals surface area contributed by atoms with Crippen LogP contribution in [0.25, 0.3) is 0 Å². The van der Waals surface area contributed by atoms with Crippen molar-refractivity contribution in [3.8, 4) is 0 Å². The van der Waals surface area contributed by atoms with Gasteiger partial charge in [0.15, 0.2) is 5.13 Å². The topological polar surface area (TPSA) is 66.0 Å². The lowest BCUT2D eigenvalue weighted by Gasteiger charge is -2.40. The van der Waals surface area contributed by atoms with Crippen LogP contribution in [0, 0.1) is 5.92 Å². The Labute approximate surface area is 219 Å². The molecule has 2 atom stereocenters. The van der Waals surface area contributed by atoms with E-state index in [4.69, 9.17) is 4.74 Å². The minimum atomic E-state index is -3.16. The van der Waals surface area contributed by atoms with Gasteiger partial charge in [0.2, 0.25) is 5.91 Å². The van der Waals surface area contributed by atoms with Crippen LogP contribution in [0.4, 0.5) is 18.7 Å². The fourth-order valence-electron chi connectivity index (χ4n) is 6.33. The highest BCUT2D eigenvalue weighted by molar-refractivity contribution is 7.15. The molecule has 1 aromatic heterocycles. The van der Waals surface area contributed by atoms with Crippen molar-refractivity contribution in [2.75, 3.05) is 24.5 Å². The van der Waals surface area contributed by atoms with Crippen LogP contribution in [0.2, 0.25) is 0 Å². The number of alkyl halides is 2. The van der Waals surface area contributed by atoms with Crippen LogP contribution in [0.15, 0.2) is 30.3 Å². The van der Waals surface area contributed by atoms with Crippen molar-refractivity contribution in [3.63, 3.8) is 0 Å². The monoisotopic (exact) mass is 530 g/mol. The lowest BCUT2D eigenvalue weighted by Crippen LogP contribution is -2.55. The average Bonchev–Trinajstić information content (AvgIpc) is 3.61. The number of ether oxygens (including phenoxy) is 1. The zero-order valence-corrected chi connectivity index (χ0v) is 21.6.